The molecule has 0 bridgehead atoms. The van der Waals surface area contributed by atoms with Crippen LogP contribution in [0.25, 0.3) is 0 Å². The van der Waals surface area contributed by atoms with Gasteiger partial charge in [0.25, 0.3) is 0 Å². The highest BCUT2D eigenvalue weighted by Gasteiger charge is 2.24. The molecular weight excluding hydrogens is 302 g/mol. The number of esters is 1. The van der Waals surface area contributed by atoms with Crippen LogP contribution in [0.1, 0.15) is 59.8 Å². The third-order valence-corrected chi connectivity index (χ3v) is 4.12. The van der Waals surface area contributed by atoms with Gasteiger partial charge < -0.3 is 15.2 Å². The van der Waals surface area contributed by atoms with Crippen molar-refractivity contribution in [2.45, 2.75) is 78.0 Å². The Labute approximate surface area is 146 Å². The molecule has 24 heavy (non-hydrogen) atoms. The maximum absolute atomic E-state index is 11.6. The van der Waals surface area contributed by atoms with Crippen LogP contribution in [0.15, 0.2) is 30.3 Å². The Hall–Kier alpha value is -1.55. The first-order valence-electron chi connectivity index (χ1n) is 9.10. The van der Waals surface area contributed by atoms with Gasteiger partial charge >= 0.3 is 5.97 Å². The topological polar surface area (TPSA) is 61.5 Å². The van der Waals surface area contributed by atoms with Gasteiger partial charge in [-0.1, -0.05) is 45.4 Å². The second-order valence-corrected chi connectivity index (χ2v) is 6.88. The number of hydrogen-bond acceptors (Lipinski definition) is 4. The van der Waals surface area contributed by atoms with Crippen LogP contribution >= 0.6 is 0 Å². The number of benzene rings is 1. The van der Waals surface area contributed by atoms with Crippen LogP contribution in [0, 0.1) is 5.92 Å². The predicted molar refractivity (Wildman–Crippen MR) is 98.0 cm³/mol. The highest BCUT2D eigenvalue weighted by Crippen LogP contribution is 2.20. The number of hydrogen-bond donors (Lipinski definition) is 1. The average Bonchev–Trinajstić information content (AvgIpc) is 2.60. The fourth-order valence-electron chi connectivity index (χ4n) is 2.30. The summed E-state index contributed by atoms with van der Waals surface area (Å²) in [6.45, 7) is 8.53. The molecule has 0 amide bonds. The van der Waals surface area contributed by atoms with Crippen LogP contribution in [0.3, 0.4) is 0 Å². The lowest BCUT2D eigenvalue weighted by atomic mass is 10.0. The molecule has 0 saturated carbocycles. The normalized spacial score (nSPS) is 24.8. The Balaban J connectivity index is 0.000000505. The minimum Gasteiger partial charge on any atom is -0.490 e. The molecule has 136 valence electrons. The van der Waals surface area contributed by atoms with Gasteiger partial charge in [0.15, 0.2) is 0 Å². The van der Waals surface area contributed by atoms with Crippen LogP contribution in [0.4, 0.5) is 0 Å². The summed E-state index contributed by atoms with van der Waals surface area (Å²) in [5.74, 6) is 1.44. The van der Waals surface area contributed by atoms with Gasteiger partial charge in [-0.25, -0.2) is 0 Å². The molecule has 2 unspecified atom stereocenters. The average molecular weight is 335 g/mol. The molecule has 1 aromatic rings. The minimum absolute atomic E-state index is 0.0653. The van der Waals surface area contributed by atoms with E-state index in [0.29, 0.717) is 12.8 Å². The third-order valence-electron chi connectivity index (χ3n) is 4.12. The molecule has 0 aromatic heterocycles. The van der Waals surface area contributed by atoms with Gasteiger partial charge in [0, 0.05) is 6.42 Å². The third kappa shape index (κ3) is 8.34. The number of rotatable bonds is 3. The second-order valence-electron chi connectivity index (χ2n) is 6.88. The lowest BCUT2D eigenvalue weighted by Crippen LogP contribution is -2.34. The smallest absolute Gasteiger partial charge is 0.323 e. The molecule has 0 aliphatic carbocycles. The molecule has 1 heterocycles. The van der Waals surface area contributed by atoms with Crippen molar-refractivity contribution in [3.63, 3.8) is 0 Å². The number of carbonyl (C=O) groups is 1. The molecule has 1 fully saturated rings. The molecule has 1 aliphatic heterocycles. The standard InChI is InChI=1S/C15H21NO3.C5H12/c1-11-10-13(19-12-6-3-2-4-7-12)8-5-9-14(16)15(17)18-11;1-4-5(2)3/h2-4,6-7,11,13-14H,5,8-10,16H2,1H3;5H,4H2,1-3H3/t11?,13?,14-;/m0./s1. The first-order chi connectivity index (χ1) is 11.4. The van der Waals surface area contributed by atoms with E-state index < -0.39 is 6.04 Å². The van der Waals surface area contributed by atoms with Gasteiger partial charge in [-0.15, -0.1) is 0 Å². The van der Waals surface area contributed by atoms with Gasteiger partial charge in [-0.3, -0.25) is 4.79 Å². The van der Waals surface area contributed by atoms with E-state index in [1.165, 1.54) is 6.42 Å². The van der Waals surface area contributed by atoms with Crippen molar-refractivity contribution in [2.75, 3.05) is 0 Å². The number of ether oxygens (including phenoxy) is 2. The Morgan fingerprint density at radius 3 is 2.46 bits per heavy atom. The zero-order chi connectivity index (χ0) is 17.9. The molecule has 1 saturated heterocycles. The zero-order valence-electron chi connectivity index (χ0n) is 15.5. The summed E-state index contributed by atoms with van der Waals surface area (Å²) in [7, 11) is 0. The quantitative estimate of drug-likeness (QED) is 0.836. The van der Waals surface area contributed by atoms with E-state index in [9.17, 15) is 4.79 Å². The number of carbonyl (C=O) groups excluding carboxylic acids is 1. The molecule has 1 aromatic carbocycles. The van der Waals surface area contributed by atoms with Crippen molar-refractivity contribution in [3.05, 3.63) is 30.3 Å². The molecule has 1 aliphatic rings. The Kier molecular flexibility index (Phi) is 9.46. The molecule has 0 radical (unpaired) electrons. The highest BCUT2D eigenvalue weighted by atomic mass is 16.5. The van der Waals surface area contributed by atoms with Gasteiger partial charge in [0.2, 0.25) is 0 Å². The molecule has 3 atom stereocenters. The number of cyclic esters (lactones) is 1. The van der Waals surface area contributed by atoms with Crippen molar-refractivity contribution < 1.29 is 14.3 Å². The lowest BCUT2D eigenvalue weighted by Gasteiger charge is -2.21. The van der Waals surface area contributed by atoms with Crippen molar-refractivity contribution in [1.29, 1.82) is 0 Å². The number of para-hydroxylation sites is 1. The highest BCUT2D eigenvalue weighted by molar-refractivity contribution is 5.75. The van der Waals surface area contributed by atoms with Crippen molar-refractivity contribution in [1.82, 2.24) is 0 Å². The van der Waals surface area contributed by atoms with E-state index in [2.05, 4.69) is 20.8 Å². The van der Waals surface area contributed by atoms with Gasteiger partial charge in [-0.2, -0.15) is 0 Å². The zero-order valence-corrected chi connectivity index (χ0v) is 15.5. The molecular formula is C20H33NO3. The summed E-state index contributed by atoms with van der Waals surface area (Å²) in [6.07, 6.45) is 4.33. The van der Waals surface area contributed by atoms with Crippen LogP contribution in [0.5, 0.6) is 5.75 Å². The van der Waals surface area contributed by atoms with E-state index >= 15 is 0 Å². The van der Waals surface area contributed by atoms with Crippen LogP contribution in [-0.4, -0.2) is 24.2 Å². The first kappa shape index (κ1) is 20.5. The molecule has 2 N–H and O–H groups in total. The van der Waals surface area contributed by atoms with E-state index in [1.54, 1.807) is 0 Å². The summed E-state index contributed by atoms with van der Waals surface area (Å²) in [4.78, 5) is 11.6. The SMILES string of the molecule is CC1CC(Oc2ccccc2)CCC[C@H](N)C(=O)O1.CCC(C)C. The molecule has 2 rings (SSSR count). The molecule has 4 nitrogen and oxygen atoms in total. The first-order valence-corrected chi connectivity index (χ1v) is 9.10. The number of nitrogens with two attached hydrogens (primary N) is 1. The maximum atomic E-state index is 11.6. The predicted octanol–water partition coefficient (Wildman–Crippen LogP) is 4.32. The molecule has 0 spiro atoms. The van der Waals surface area contributed by atoms with Crippen molar-refractivity contribution in [2.24, 2.45) is 11.7 Å². The second kappa shape index (κ2) is 11.1. The largest absolute Gasteiger partial charge is 0.490 e. The van der Waals surface area contributed by atoms with E-state index in [1.807, 2.05) is 37.3 Å². The summed E-state index contributed by atoms with van der Waals surface area (Å²) in [5, 5.41) is 0. The lowest BCUT2D eigenvalue weighted by molar-refractivity contribution is -0.150. The fourth-order valence-corrected chi connectivity index (χ4v) is 2.30. The Morgan fingerprint density at radius 2 is 1.88 bits per heavy atom. The molecule has 4 heteroatoms. The fraction of sp³-hybridized carbons (Fsp3) is 0.650. The van der Waals surface area contributed by atoms with E-state index in [-0.39, 0.29) is 18.2 Å². The summed E-state index contributed by atoms with van der Waals surface area (Å²) >= 11 is 0. The van der Waals surface area contributed by atoms with E-state index in [4.69, 9.17) is 15.2 Å². The maximum Gasteiger partial charge on any atom is 0.323 e. The van der Waals surface area contributed by atoms with Gasteiger partial charge in [0.1, 0.15) is 24.0 Å². The van der Waals surface area contributed by atoms with Crippen LogP contribution < -0.4 is 10.5 Å². The van der Waals surface area contributed by atoms with Gasteiger partial charge in [-0.05, 0) is 44.2 Å². The van der Waals surface area contributed by atoms with Crippen molar-refractivity contribution in [3.8, 4) is 5.75 Å². The summed E-state index contributed by atoms with van der Waals surface area (Å²) in [6, 6.07) is 9.23. The summed E-state index contributed by atoms with van der Waals surface area (Å²) in [5.41, 5.74) is 5.76. The Bertz CT molecular complexity index is 461. The van der Waals surface area contributed by atoms with E-state index in [0.717, 1.165) is 24.5 Å². The van der Waals surface area contributed by atoms with Crippen LogP contribution in [0.2, 0.25) is 0 Å². The Morgan fingerprint density at radius 1 is 1.25 bits per heavy atom. The monoisotopic (exact) mass is 335 g/mol. The minimum atomic E-state index is -0.502. The van der Waals surface area contributed by atoms with Crippen LogP contribution in [-0.2, 0) is 9.53 Å². The van der Waals surface area contributed by atoms with Gasteiger partial charge in [0.05, 0.1) is 0 Å². The van der Waals surface area contributed by atoms with Crippen molar-refractivity contribution >= 4 is 5.97 Å². The summed E-state index contributed by atoms with van der Waals surface area (Å²) < 4.78 is 11.3.